The molecule has 0 unspecified atom stereocenters. The zero-order valence-electron chi connectivity index (χ0n) is 12.4. The Morgan fingerprint density at radius 2 is 2.36 bits per heavy atom. The fourth-order valence-corrected chi connectivity index (χ4v) is 2.00. The summed E-state index contributed by atoms with van der Waals surface area (Å²) in [6.45, 7) is 6.20. The zero-order chi connectivity index (χ0) is 15.9. The van der Waals surface area contributed by atoms with Crippen LogP contribution in [0.25, 0.3) is 5.57 Å². The molecule has 1 aromatic heterocycles. The number of carbonyl (C=O) groups excluding carboxylic acids is 1. The van der Waals surface area contributed by atoms with E-state index in [9.17, 15) is 4.79 Å². The molecule has 0 saturated carbocycles. The molecule has 1 aliphatic heterocycles. The number of ether oxygens (including phenoxy) is 1. The second-order valence-corrected chi connectivity index (χ2v) is 4.78. The number of likely N-dealkylation sites (tertiary alicyclic amines) is 1. The third kappa shape index (κ3) is 3.66. The molecule has 0 bridgehead atoms. The summed E-state index contributed by atoms with van der Waals surface area (Å²) in [5.74, 6) is 0.485. The van der Waals surface area contributed by atoms with Gasteiger partial charge in [-0.15, -0.1) is 0 Å². The molecule has 1 aliphatic rings. The normalized spacial score (nSPS) is 15.5. The van der Waals surface area contributed by atoms with Gasteiger partial charge in [-0.1, -0.05) is 12.7 Å². The van der Waals surface area contributed by atoms with E-state index in [-0.39, 0.29) is 12.0 Å². The van der Waals surface area contributed by atoms with E-state index in [4.69, 9.17) is 10.1 Å². The lowest BCUT2D eigenvalue weighted by Crippen LogP contribution is -2.55. The van der Waals surface area contributed by atoms with Crippen LogP contribution in [0.4, 0.5) is 0 Å². The highest BCUT2D eigenvalue weighted by atomic mass is 16.5. The highest BCUT2D eigenvalue weighted by molar-refractivity contribution is 6.09. The highest BCUT2D eigenvalue weighted by Gasteiger charge is 2.31. The van der Waals surface area contributed by atoms with Crippen molar-refractivity contribution in [2.75, 3.05) is 13.1 Å². The van der Waals surface area contributed by atoms with Crippen LogP contribution in [0.15, 0.2) is 42.2 Å². The number of aromatic nitrogens is 1. The first-order valence-corrected chi connectivity index (χ1v) is 6.88. The average Bonchev–Trinajstić information content (AvgIpc) is 2.47. The Labute approximate surface area is 129 Å². The lowest BCUT2D eigenvalue weighted by molar-refractivity contribution is -0.137. The minimum atomic E-state index is -0.0683. The molecule has 0 aliphatic carbocycles. The number of nitrogens with one attached hydrogen (secondary N) is 1. The summed E-state index contributed by atoms with van der Waals surface area (Å²) >= 11 is 0. The van der Waals surface area contributed by atoms with Gasteiger partial charge in [-0.05, 0) is 12.1 Å². The second kappa shape index (κ2) is 7.31. The summed E-state index contributed by atoms with van der Waals surface area (Å²) in [7, 11) is 0. The fourth-order valence-electron chi connectivity index (χ4n) is 2.00. The number of aliphatic imine (C=N–C) groups is 1. The fraction of sp³-hybridized carbons (Fsp3) is 0.250. The first kappa shape index (κ1) is 15.6. The summed E-state index contributed by atoms with van der Waals surface area (Å²) < 4.78 is 5.83. The maximum atomic E-state index is 11.2. The second-order valence-electron chi connectivity index (χ2n) is 4.78. The smallest absolute Gasteiger partial charge is 0.221 e. The Kier molecular flexibility index (Phi) is 5.19. The molecule has 22 heavy (non-hydrogen) atoms. The van der Waals surface area contributed by atoms with Gasteiger partial charge in [0.05, 0.1) is 13.1 Å². The standard InChI is InChI=1S/C16H18N4O2/c1-3-6-18-9-13(8-17)15-5-4-7-19-16(15)22-14-10-20(11-14)12(2)21/h3-9,14,17H,1,10-11H2,2H3. The largest absolute Gasteiger partial charge is 0.470 e. The van der Waals surface area contributed by atoms with E-state index in [0.29, 0.717) is 30.1 Å². The van der Waals surface area contributed by atoms with Crippen molar-refractivity contribution in [2.24, 2.45) is 4.99 Å². The van der Waals surface area contributed by atoms with Crippen molar-refractivity contribution < 1.29 is 9.53 Å². The molecule has 1 fully saturated rings. The van der Waals surface area contributed by atoms with Crippen LogP contribution >= 0.6 is 0 Å². The van der Waals surface area contributed by atoms with Gasteiger partial charge in [0.1, 0.15) is 6.10 Å². The maximum absolute atomic E-state index is 11.2. The van der Waals surface area contributed by atoms with Crippen molar-refractivity contribution in [1.82, 2.24) is 9.88 Å². The van der Waals surface area contributed by atoms with E-state index in [2.05, 4.69) is 16.6 Å². The van der Waals surface area contributed by atoms with Gasteiger partial charge in [0.15, 0.2) is 0 Å². The molecule has 6 nitrogen and oxygen atoms in total. The van der Waals surface area contributed by atoms with Gasteiger partial charge in [0.2, 0.25) is 11.8 Å². The molecule has 114 valence electrons. The van der Waals surface area contributed by atoms with Gasteiger partial charge in [-0.2, -0.15) is 0 Å². The third-order valence-corrected chi connectivity index (χ3v) is 3.21. The van der Waals surface area contributed by atoms with Crippen molar-refractivity contribution >= 4 is 23.9 Å². The predicted molar refractivity (Wildman–Crippen MR) is 86.4 cm³/mol. The van der Waals surface area contributed by atoms with Crippen molar-refractivity contribution in [3.05, 3.63) is 42.7 Å². The highest BCUT2D eigenvalue weighted by Crippen LogP contribution is 2.25. The molecule has 1 aromatic rings. The van der Waals surface area contributed by atoms with E-state index in [1.807, 2.05) is 6.07 Å². The van der Waals surface area contributed by atoms with Crippen molar-refractivity contribution in [1.29, 1.82) is 5.41 Å². The van der Waals surface area contributed by atoms with E-state index < -0.39 is 0 Å². The van der Waals surface area contributed by atoms with Crippen molar-refractivity contribution in [3.63, 3.8) is 0 Å². The Morgan fingerprint density at radius 3 is 3.00 bits per heavy atom. The Morgan fingerprint density at radius 1 is 1.59 bits per heavy atom. The van der Waals surface area contributed by atoms with Gasteiger partial charge in [-0.25, -0.2) is 4.98 Å². The van der Waals surface area contributed by atoms with E-state index in [0.717, 1.165) is 0 Å². The third-order valence-electron chi connectivity index (χ3n) is 3.21. The molecule has 0 aromatic carbocycles. The van der Waals surface area contributed by atoms with Crippen LogP contribution in [0.5, 0.6) is 5.88 Å². The van der Waals surface area contributed by atoms with E-state index in [1.165, 1.54) is 19.4 Å². The lowest BCUT2D eigenvalue weighted by Gasteiger charge is -2.38. The van der Waals surface area contributed by atoms with Gasteiger partial charge in [-0.3, -0.25) is 9.79 Å². The minimum Gasteiger partial charge on any atom is -0.470 e. The first-order valence-electron chi connectivity index (χ1n) is 6.88. The van der Waals surface area contributed by atoms with Crippen molar-refractivity contribution in [2.45, 2.75) is 13.0 Å². The number of pyridine rings is 1. The summed E-state index contributed by atoms with van der Waals surface area (Å²) in [5.41, 5.74) is 1.28. The topological polar surface area (TPSA) is 78.6 Å². The predicted octanol–water partition coefficient (Wildman–Crippen LogP) is 1.94. The Hall–Kier alpha value is -2.76. The number of carbonyl (C=O) groups is 1. The number of rotatable bonds is 6. The molecule has 1 amide bonds. The number of amides is 1. The summed E-state index contributed by atoms with van der Waals surface area (Å²) in [6.07, 6.45) is 7.42. The summed E-state index contributed by atoms with van der Waals surface area (Å²) in [5, 5.41) is 7.53. The number of hydrogen-bond acceptors (Lipinski definition) is 5. The van der Waals surface area contributed by atoms with Gasteiger partial charge in [0.25, 0.3) is 0 Å². The van der Waals surface area contributed by atoms with Crippen LogP contribution in [-0.4, -0.2) is 47.4 Å². The Bertz CT molecular complexity index is 631. The average molecular weight is 298 g/mol. The van der Waals surface area contributed by atoms with Gasteiger partial charge < -0.3 is 15.0 Å². The molecule has 6 heteroatoms. The first-order chi connectivity index (χ1) is 10.7. The number of nitrogens with zero attached hydrogens (tertiary/aromatic N) is 3. The molecule has 2 rings (SSSR count). The molecule has 2 heterocycles. The molecule has 0 radical (unpaired) electrons. The van der Waals surface area contributed by atoms with E-state index >= 15 is 0 Å². The number of hydrogen-bond donors (Lipinski definition) is 1. The Balaban J connectivity index is 2.14. The maximum Gasteiger partial charge on any atom is 0.221 e. The number of allylic oxidation sites excluding steroid dienone is 2. The quantitative estimate of drug-likeness (QED) is 0.815. The van der Waals surface area contributed by atoms with Crippen LogP contribution in [0.3, 0.4) is 0 Å². The van der Waals surface area contributed by atoms with Crippen LogP contribution in [0, 0.1) is 5.41 Å². The SMILES string of the molecule is C=CC=NC=C(C=N)c1cccnc1OC1CN(C(C)=O)C1. The molecule has 0 spiro atoms. The van der Waals surface area contributed by atoms with Crippen molar-refractivity contribution in [3.8, 4) is 5.88 Å². The van der Waals surface area contributed by atoms with Gasteiger partial charge in [0, 0.05) is 42.9 Å². The molecular formula is C16H18N4O2. The molecule has 1 N–H and O–H groups in total. The van der Waals surface area contributed by atoms with Crippen LogP contribution in [-0.2, 0) is 4.79 Å². The molecule has 0 atom stereocenters. The lowest BCUT2D eigenvalue weighted by atomic mass is 10.1. The van der Waals surface area contributed by atoms with Crippen LogP contribution < -0.4 is 4.74 Å². The van der Waals surface area contributed by atoms with E-state index in [1.54, 1.807) is 29.4 Å². The van der Waals surface area contributed by atoms with Crippen LogP contribution in [0.1, 0.15) is 12.5 Å². The van der Waals surface area contributed by atoms with Crippen LogP contribution in [0.2, 0.25) is 0 Å². The summed E-state index contributed by atoms with van der Waals surface area (Å²) in [6, 6.07) is 3.60. The molecule has 1 saturated heterocycles. The molecular weight excluding hydrogens is 280 g/mol. The zero-order valence-corrected chi connectivity index (χ0v) is 12.4. The van der Waals surface area contributed by atoms with Gasteiger partial charge >= 0.3 is 0 Å². The minimum absolute atomic E-state index is 0.0416. The monoisotopic (exact) mass is 298 g/mol. The summed E-state index contributed by atoms with van der Waals surface area (Å²) in [4.78, 5) is 21.1.